The van der Waals surface area contributed by atoms with Gasteiger partial charge in [-0.15, -0.1) is 0 Å². The minimum Gasteiger partial charge on any atom is -0.338 e. The van der Waals surface area contributed by atoms with E-state index in [1.165, 1.54) is 12.1 Å². The van der Waals surface area contributed by atoms with Gasteiger partial charge in [-0.2, -0.15) is 8.78 Å². The number of benzene rings is 3. The van der Waals surface area contributed by atoms with E-state index in [1.807, 2.05) is 12.1 Å². The number of carbonyl (C=O) groups is 2. The van der Waals surface area contributed by atoms with E-state index in [2.05, 4.69) is 31.8 Å². The largest absolute Gasteiger partial charge is 0.338 e. The molecule has 10 heteroatoms. The Morgan fingerprint density at radius 2 is 1.49 bits per heavy atom. The number of nitrogens with zero attached hydrogens (tertiary/aromatic N) is 2. The molecule has 2 atom stereocenters. The molecule has 0 spiro atoms. The smallest absolute Gasteiger partial charge is 0.299 e. The summed E-state index contributed by atoms with van der Waals surface area (Å²) >= 11 is 0. The zero-order valence-electron chi connectivity index (χ0n) is 18.9. The summed E-state index contributed by atoms with van der Waals surface area (Å²) < 4.78 is 31.2. The number of halogens is 2. The third-order valence-electron chi connectivity index (χ3n) is 6.12. The lowest BCUT2D eigenvalue weighted by Gasteiger charge is -2.13. The molecule has 2 heterocycles. The third kappa shape index (κ3) is 4.17. The van der Waals surface area contributed by atoms with E-state index in [0.29, 0.717) is 44.6 Å². The Labute approximate surface area is 212 Å². The van der Waals surface area contributed by atoms with Crippen LogP contribution in [0.5, 0.6) is 0 Å². The SMILES string of the molecule is O=CPc1ncc(-c2ccc3c(c2)C(F)(F)c2cc(C#Cc4ccc5nc(PC=O)[nH]c5c4)ccc2-3)[nH]1. The van der Waals surface area contributed by atoms with Crippen molar-refractivity contribution in [2.75, 3.05) is 0 Å². The normalized spacial score (nSPS) is 13.7. The van der Waals surface area contributed by atoms with Crippen molar-refractivity contribution in [3.63, 3.8) is 0 Å². The first-order chi connectivity index (χ1) is 18.0. The molecule has 0 amide bonds. The molecule has 0 saturated carbocycles. The average Bonchev–Trinajstić information content (AvgIpc) is 3.58. The number of hydrogen-bond donors (Lipinski definition) is 2. The lowest BCUT2D eigenvalue weighted by Crippen LogP contribution is -2.11. The molecule has 0 aliphatic heterocycles. The molecule has 0 radical (unpaired) electrons. The fraction of sp³-hybridized carbons (Fsp3) is 0.0370. The highest BCUT2D eigenvalue weighted by molar-refractivity contribution is 7.62. The maximum absolute atomic E-state index is 15.6. The van der Waals surface area contributed by atoms with Crippen LogP contribution >= 0.6 is 17.2 Å². The molecule has 0 fully saturated rings. The van der Waals surface area contributed by atoms with Gasteiger partial charge >= 0.3 is 0 Å². The number of nitrogens with one attached hydrogen (secondary N) is 2. The molecule has 1 aliphatic carbocycles. The Morgan fingerprint density at radius 1 is 0.811 bits per heavy atom. The van der Waals surface area contributed by atoms with Crippen LogP contribution in [0.4, 0.5) is 8.78 Å². The maximum atomic E-state index is 15.6. The van der Waals surface area contributed by atoms with Crippen molar-refractivity contribution in [2.24, 2.45) is 0 Å². The second-order valence-corrected chi connectivity index (χ2v) is 10.3. The third-order valence-corrected chi connectivity index (χ3v) is 7.39. The van der Waals surface area contributed by atoms with E-state index in [0.717, 1.165) is 23.1 Å². The standard InChI is InChI=1S/C27H16F2N4O2P2/c28-27(29)20-9-15(1-2-16-4-8-22-23(10-16)32-26(31-22)37-14-35)3-6-18(20)19-7-5-17(11-21(19)27)24-12-30-25(33-24)36-13-34/h3-14,36-37H,(H,30,33)(H,31,32). The van der Waals surface area contributed by atoms with Crippen LogP contribution in [0.2, 0.25) is 0 Å². The summed E-state index contributed by atoms with van der Waals surface area (Å²) in [5.41, 5.74) is 5.76. The zero-order chi connectivity index (χ0) is 25.6. The second kappa shape index (κ2) is 9.12. The predicted octanol–water partition coefficient (Wildman–Crippen LogP) is 4.46. The van der Waals surface area contributed by atoms with E-state index in [-0.39, 0.29) is 28.3 Å². The number of rotatable bonds is 5. The summed E-state index contributed by atoms with van der Waals surface area (Å²) in [7, 11) is -0.170. The molecule has 2 N–H and O–H groups in total. The van der Waals surface area contributed by atoms with E-state index >= 15 is 8.78 Å². The molecule has 6 nitrogen and oxygen atoms in total. The highest BCUT2D eigenvalue weighted by Crippen LogP contribution is 2.51. The summed E-state index contributed by atoms with van der Waals surface area (Å²) in [6, 6.07) is 16.8. The average molecular weight is 528 g/mol. The van der Waals surface area contributed by atoms with Crippen molar-refractivity contribution in [1.82, 2.24) is 19.9 Å². The quantitative estimate of drug-likeness (QED) is 0.200. The van der Waals surface area contributed by atoms with Gasteiger partial charge in [0.05, 0.1) is 22.9 Å². The monoisotopic (exact) mass is 528 g/mol. The molecule has 6 rings (SSSR count). The summed E-state index contributed by atoms with van der Waals surface area (Å²) in [6.45, 7) is 0. The summed E-state index contributed by atoms with van der Waals surface area (Å²) in [6.07, 6.45) is 1.55. The highest BCUT2D eigenvalue weighted by Gasteiger charge is 2.44. The molecule has 5 aromatic rings. The first-order valence-corrected chi connectivity index (χ1v) is 13.3. The fourth-order valence-electron chi connectivity index (χ4n) is 4.42. The number of alkyl halides is 2. The van der Waals surface area contributed by atoms with Crippen LogP contribution in [-0.4, -0.2) is 32.0 Å². The lowest BCUT2D eigenvalue weighted by molar-refractivity contribution is 0.0480. The molecule has 2 unspecified atom stereocenters. The minimum absolute atomic E-state index is 0.0504. The lowest BCUT2D eigenvalue weighted by atomic mass is 10.0. The van der Waals surface area contributed by atoms with Crippen LogP contribution in [0.15, 0.2) is 60.8 Å². The summed E-state index contributed by atoms with van der Waals surface area (Å²) in [4.78, 5) is 36.1. The van der Waals surface area contributed by atoms with Crippen molar-refractivity contribution < 1.29 is 18.4 Å². The van der Waals surface area contributed by atoms with E-state index < -0.39 is 5.92 Å². The number of carbonyl (C=O) groups excluding carboxylic acids is 2. The zero-order valence-corrected chi connectivity index (χ0v) is 20.9. The van der Waals surface area contributed by atoms with Crippen molar-refractivity contribution in [3.8, 4) is 34.2 Å². The van der Waals surface area contributed by atoms with Gasteiger partial charge in [0.15, 0.2) is 0 Å². The van der Waals surface area contributed by atoms with Crippen molar-refractivity contribution in [3.05, 3.63) is 83.0 Å². The van der Waals surface area contributed by atoms with Gasteiger partial charge in [0.1, 0.15) is 23.2 Å². The highest BCUT2D eigenvalue weighted by atomic mass is 31.1. The first kappa shape index (κ1) is 23.4. The molecule has 2 aromatic heterocycles. The van der Waals surface area contributed by atoms with Crippen LogP contribution in [0, 0.1) is 11.8 Å². The number of fused-ring (bicyclic) bond motifs is 4. The summed E-state index contributed by atoms with van der Waals surface area (Å²) in [5.74, 6) is 2.84. The Hall–Kier alpha value is -4.04. The Morgan fingerprint density at radius 3 is 2.27 bits per heavy atom. The van der Waals surface area contributed by atoms with Crippen molar-refractivity contribution in [1.29, 1.82) is 0 Å². The molecule has 37 heavy (non-hydrogen) atoms. The van der Waals surface area contributed by atoms with Gasteiger partial charge in [0.2, 0.25) is 0 Å². The van der Waals surface area contributed by atoms with Crippen molar-refractivity contribution >= 4 is 51.4 Å². The molecule has 3 aromatic carbocycles. The number of aromatic nitrogens is 4. The van der Waals surface area contributed by atoms with Gasteiger partial charge in [-0.05, 0) is 47.5 Å². The van der Waals surface area contributed by atoms with Gasteiger partial charge in [-0.25, -0.2) is 9.97 Å². The number of aromatic amines is 2. The second-order valence-electron chi connectivity index (χ2n) is 8.33. The van der Waals surface area contributed by atoms with Crippen LogP contribution in [-0.2, 0) is 15.5 Å². The number of hydrogen-bond acceptors (Lipinski definition) is 4. The van der Waals surface area contributed by atoms with Gasteiger partial charge in [-0.3, -0.25) is 9.59 Å². The fourth-order valence-corrected chi connectivity index (χ4v) is 5.38. The summed E-state index contributed by atoms with van der Waals surface area (Å²) in [5, 5.41) is 0. The van der Waals surface area contributed by atoms with Crippen LogP contribution in [0.1, 0.15) is 22.3 Å². The Balaban J connectivity index is 1.31. The molecular weight excluding hydrogens is 512 g/mol. The van der Waals surface area contributed by atoms with Gasteiger partial charge < -0.3 is 9.97 Å². The van der Waals surface area contributed by atoms with Crippen LogP contribution in [0.25, 0.3) is 33.4 Å². The van der Waals surface area contributed by atoms with Gasteiger partial charge in [0, 0.05) is 45.0 Å². The Bertz CT molecular complexity index is 1780. The van der Waals surface area contributed by atoms with Gasteiger partial charge in [0.25, 0.3) is 5.92 Å². The van der Waals surface area contributed by atoms with E-state index in [9.17, 15) is 9.59 Å². The predicted molar refractivity (Wildman–Crippen MR) is 144 cm³/mol. The van der Waals surface area contributed by atoms with Gasteiger partial charge in [-0.1, -0.05) is 30.0 Å². The molecule has 1 aliphatic rings. The number of H-pyrrole nitrogens is 2. The maximum Gasteiger partial charge on any atom is 0.299 e. The van der Waals surface area contributed by atoms with E-state index in [1.54, 1.807) is 36.5 Å². The topological polar surface area (TPSA) is 91.5 Å². The van der Waals surface area contributed by atoms with Crippen molar-refractivity contribution in [2.45, 2.75) is 5.92 Å². The molecular formula is C27H16F2N4O2P2. The molecule has 0 bridgehead atoms. The molecule has 180 valence electrons. The Kier molecular flexibility index (Phi) is 5.76. The number of imidazole rings is 2. The molecule has 0 saturated heterocycles. The minimum atomic E-state index is -3.18. The van der Waals surface area contributed by atoms with Crippen LogP contribution < -0.4 is 11.1 Å². The van der Waals surface area contributed by atoms with Crippen LogP contribution in [0.3, 0.4) is 0 Å². The van der Waals surface area contributed by atoms with E-state index in [4.69, 9.17) is 0 Å². The first-order valence-electron chi connectivity index (χ1n) is 11.1.